The minimum absolute atomic E-state index is 0.0452. The summed E-state index contributed by atoms with van der Waals surface area (Å²) >= 11 is 0. The van der Waals surface area contributed by atoms with E-state index in [1.807, 2.05) is 62.2 Å². The number of methoxy groups -OCH3 is 1. The number of hydrogen-bond acceptors (Lipinski definition) is 4. The molecule has 0 saturated heterocycles. The van der Waals surface area contributed by atoms with Gasteiger partial charge in [-0.3, -0.25) is 9.59 Å². The van der Waals surface area contributed by atoms with E-state index in [9.17, 15) is 9.59 Å². The molecule has 8 heteroatoms. The Morgan fingerprint density at radius 3 is 2.59 bits per heavy atom. The van der Waals surface area contributed by atoms with Gasteiger partial charge < -0.3 is 24.5 Å². The van der Waals surface area contributed by atoms with Crippen LogP contribution in [0.25, 0.3) is 22.6 Å². The summed E-state index contributed by atoms with van der Waals surface area (Å²) in [7, 11) is 5.31. The van der Waals surface area contributed by atoms with Gasteiger partial charge in [0.15, 0.2) is 11.6 Å². The molecule has 2 amide bonds. The van der Waals surface area contributed by atoms with Crippen molar-refractivity contribution in [2.24, 2.45) is 20.0 Å². The fourth-order valence-corrected chi connectivity index (χ4v) is 3.26. The van der Waals surface area contributed by atoms with Gasteiger partial charge in [0.1, 0.15) is 5.69 Å². The highest BCUT2D eigenvalue weighted by atomic mass is 16.5. The van der Waals surface area contributed by atoms with E-state index in [0.29, 0.717) is 35.1 Å². The van der Waals surface area contributed by atoms with Gasteiger partial charge >= 0.3 is 0 Å². The number of imidazole rings is 1. The number of carbonyl (C=O) groups is 2. The third-order valence-corrected chi connectivity index (χ3v) is 4.81. The maximum Gasteiger partial charge on any atom is 0.256 e. The van der Waals surface area contributed by atoms with E-state index < -0.39 is 0 Å². The third kappa shape index (κ3) is 3.70. The van der Waals surface area contributed by atoms with E-state index >= 15 is 0 Å². The van der Waals surface area contributed by atoms with Crippen molar-refractivity contribution >= 4 is 28.5 Å². The second-order valence-corrected chi connectivity index (χ2v) is 7.24. The SMILES string of the molecule is CCNC(=O)c1cn(C)c(-c2nc3cc(NC(=O)C(C)C)ccc3n2C)c1OC. The first-order chi connectivity index (χ1) is 13.8. The second kappa shape index (κ2) is 7.98. The maximum absolute atomic E-state index is 12.4. The lowest BCUT2D eigenvalue weighted by molar-refractivity contribution is -0.118. The zero-order valence-electron chi connectivity index (χ0n) is 17.7. The van der Waals surface area contributed by atoms with Gasteiger partial charge in [-0.2, -0.15) is 0 Å². The minimum atomic E-state index is -0.191. The molecule has 3 rings (SSSR count). The van der Waals surface area contributed by atoms with Crippen molar-refractivity contribution < 1.29 is 14.3 Å². The van der Waals surface area contributed by atoms with Crippen LogP contribution in [-0.4, -0.2) is 39.6 Å². The number of ether oxygens (including phenoxy) is 1. The molecular weight excluding hydrogens is 370 g/mol. The highest BCUT2D eigenvalue weighted by Gasteiger charge is 2.25. The molecule has 2 heterocycles. The third-order valence-electron chi connectivity index (χ3n) is 4.81. The monoisotopic (exact) mass is 397 g/mol. The molecule has 8 nitrogen and oxygen atoms in total. The smallest absolute Gasteiger partial charge is 0.256 e. The molecule has 0 aliphatic carbocycles. The number of carbonyl (C=O) groups excluding carboxylic acids is 2. The van der Waals surface area contributed by atoms with Crippen LogP contribution in [0.1, 0.15) is 31.1 Å². The fraction of sp³-hybridized carbons (Fsp3) is 0.381. The van der Waals surface area contributed by atoms with Crippen LogP contribution >= 0.6 is 0 Å². The number of nitrogens with zero attached hydrogens (tertiary/aromatic N) is 3. The number of rotatable bonds is 6. The quantitative estimate of drug-likeness (QED) is 0.669. The first-order valence-corrected chi connectivity index (χ1v) is 9.57. The predicted octanol–water partition coefficient (Wildman–Crippen LogP) is 2.93. The van der Waals surface area contributed by atoms with Crippen LogP contribution in [0.15, 0.2) is 24.4 Å². The standard InChI is InChI=1S/C21H27N5O3/c1-7-22-21(28)14-11-25(4)17(18(14)29-6)19-24-15-10-13(23-20(27)12(2)3)8-9-16(15)26(19)5/h8-12H,7H2,1-6H3,(H,22,28)(H,23,27). The average Bonchev–Trinajstić information content (AvgIpc) is 3.18. The van der Waals surface area contributed by atoms with Gasteiger partial charge in [0.05, 0.1) is 23.7 Å². The molecule has 0 spiro atoms. The minimum Gasteiger partial charge on any atom is -0.494 e. The van der Waals surface area contributed by atoms with Gasteiger partial charge in [0.2, 0.25) is 5.91 Å². The molecule has 0 saturated carbocycles. The van der Waals surface area contributed by atoms with Crippen molar-refractivity contribution in [2.45, 2.75) is 20.8 Å². The van der Waals surface area contributed by atoms with Crippen LogP contribution in [0.5, 0.6) is 5.75 Å². The number of nitrogens with one attached hydrogen (secondary N) is 2. The number of fused-ring (bicyclic) bond motifs is 1. The Bertz CT molecular complexity index is 1080. The van der Waals surface area contributed by atoms with Gasteiger partial charge in [-0.25, -0.2) is 4.98 Å². The molecule has 0 aliphatic rings. The Hall–Kier alpha value is -3.29. The molecule has 2 N–H and O–H groups in total. The van der Waals surface area contributed by atoms with E-state index in [-0.39, 0.29) is 17.7 Å². The summed E-state index contributed by atoms with van der Waals surface area (Å²) in [4.78, 5) is 29.2. The summed E-state index contributed by atoms with van der Waals surface area (Å²) in [5, 5.41) is 5.70. The molecule has 3 aromatic rings. The molecular formula is C21H27N5O3. The molecule has 154 valence electrons. The van der Waals surface area contributed by atoms with Crippen LogP contribution in [-0.2, 0) is 18.9 Å². The maximum atomic E-state index is 12.4. The van der Waals surface area contributed by atoms with E-state index in [1.54, 1.807) is 13.3 Å². The Morgan fingerprint density at radius 2 is 1.97 bits per heavy atom. The predicted molar refractivity (Wildman–Crippen MR) is 113 cm³/mol. The molecule has 0 aliphatic heterocycles. The molecule has 0 radical (unpaired) electrons. The lowest BCUT2D eigenvalue weighted by atomic mass is 10.2. The molecule has 0 atom stereocenters. The molecule has 0 fully saturated rings. The average molecular weight is 397 g/mol. The first kappa shape index (κ1) is 20.4. The van der Waals surface area contributed by atoms with Crippen molar-refractivity contribution in [1.29, 1.82) is 0 Å². The van der Waals surface area contributed by atoms with E-state index in [0.717, 1.165) is 11.0 Å². The largest absolute Gasteiger partial charge is 0.494 e. The Morgan fingerprint density at radius 1 is 1.24 bits per heavy atom. The fourth-order valence-electron chi connectivity index (χ4n) is 3.26. The van der Waals surface area contributed by atoms with Crippen molar-refractivity contribution in [1.82, 2.24) is 19.4 Å². The van der Waals surface area contributed by atoms with Gasteiger partial charge in [0.25, 0.3) is 5.91 Å². The Kier molecular flexibility index (Phi) is 5.63. The number of benzene rings is 1. The van der Waals surface area contributed by atoms with Crippen LogP contribution in [0.3, 0.4) is 0 Å². The number of amides is 2. The van der Waals surface area contributed by atoms with Gasteiger partial charge in [-0.05, 0) is 25.1 Å². The summed E-state index contributed by atoms with van der Waals surface area (Å²) < 4.78 is 9.37. The molecule has 0 unspecified atom stereocenters. The normalized spacial score (nSPS) is 11.1. The van der Waals surface area contributed by atoms with Gasteiger partial charge in [-0.1, -0.05) is 13.8 Å². The Balaban J connectivity index is 2.10. The first-order valence-electron chi connectivity index (χ1n) is 9.57. The van der Waals surface area contributed by atoms with Crippen LogP contribution in [0.4, 0.5) is 5.69 Å². The van der Waals surface area contributed by atoms with Crippen molar-refractivity contribution in [2.75, 3.05) is 19.0 Å². The lowest BCUT2D eigenvalue weighted by Crippen LogP contribution is -2.22. The zero-order valence-corrected chi connectivity index (χ0v) is 17.7. The van der Waals surface area contributed by atoms with Crippen LogP contribution in [0.2, 0.25) is 0 Å². The van der Waals surface area contributed by atoms with Gasteiger partial charge in [-0.15, -0.1) is 0 Å². The van der Waals surface area contributed by atoms with Crippen molar-refractivity contribution in [3.8, 4) is 17.3 Å². The van der Waals surface area contributed by atoms with Crippen molar-refractivity contribution in [3.63, 3.8) is 0 Å². The van der Waals surface area contributed by atoms with Gasteiger partial charge in [0, 0.05) is 38.4 Å². The summed E-state index contributed by atoms with van der Waals surface area (Å²) in [6.07, 6.45) is 1.74. The van der Waals surface area contributed by atoms with E-state index in [2.05, 4.69) is 10.6 Å². The number of aryl methyl sites for hydroxylation is 2. The van der Waals surface area contributed by atoms with E-state index in [4.69, 9.17) is 9.72 Å². The highest BCUT2D eigenvalue weighted by Crippen LogP contribution is 2.35. The Labute approximate surface area is 169 Å². The van der Waals surface area contributed by atoms with Crippen molar-refractivity contribution in [3.05, 3.63) is 30.0 Å². The number of hydrogen-bond donors (Lipinski definition) is 2. The summed E-state index contributed by atoms with van der Waals surface area (Å²) in [5.74, 6) is 0.803. The zero-order chi connectivity index (χ0) is 21.3. The topological polar surface area (TPSA) is 90.2 Å². The lowest BCUT2D eigenvalue weighted by Gasteiger charge is -2.08. The summed E-state index contributed by atoms with van der Waals surface area (Å²) in [5.41, 5.74) is 3.52. The van der Waals surface area contributed by atoms with E-state index in [1.165, 1.54) is 0 Å². The number of aromatic nitrogens is 3. The highest BCUT2D eigenvalue weighted by molar-refractivity contribution is 5.99. The van der Waals surface area contributed by atoms with Crippen LogP contribution in [0, 0.1) is 5.92 Å². The van der Waals surface area contributed by atoms with Crippen LogP contribution < -0.4 is 15.4 Å². The number of anilines is 1. The summed E-state index contributed by atoms with van der Waals surface area (Å²) in [6, 6.07) is 5.62. The second-order valence-electron chi connectivity index (χ2n) is 7.24. The molecule has 2 aromatic heterocycles. The molecule has 0 bridgehead atoms. The summed E-state index contributed by atoms with van der Waals surface area (Å²) in [6.45, 7) is 6.10. The molecule has 29 heavy (non-hydrogen) atoms. The molecule has 1 aromatic carbocycles.